The number of nitro groups is 1. The Hall–Kier alpha value is -4.21. The van der Waals surface area contributed by atoms with Crippen molar-refractivity contribution in [2.75, 3.05) is 17.9 Å². The Bertz CT molecular complexity index is 1060. The first-order valence-corrected chi connectivity index (χ1v) is 8.52. The van der Waals surface area contributed by atoms with E-state index < -0.39 is 16.5 Å². The predicted molar refractivity (Wildman–Crippen MR) is 107 cm³/mol. The highest BCUT2D eigenvalue weighted by Crippen LogP contribution is 2.31. The first kappa shape index (κ1) is 19.5. The van der Waals surface area contributed by atoms with Gasteiger partial charge in [0.05, 0.1) is 17.6 Å². The number of carbonyl (C=O) groups is 1. The second-order valence-corrected chi connectivity index (χ2v) is 5.95. The van der Waals surface area contributed by atoms with Gasteiger partial charge in [-0.3, -0.25) is 25.8 Å². The Morgan fingerprint density at radius 1 is 1.10 bits per heavy atom. The Morgan fingerprint density at radius 3 is 2.59 bits per heavy atom. The standard InChI is InChI=1S/C19H18N6O4/c1-12-6-5-7-13(10-12)22-17-16(25(27)28)18(21-11-20-17)23-24-19(26)14-8-3-4-9-15(14)29-2/h3-11H,1-2H3,(H,24,26)(H2,20,21,22,23). The highest BCUT2D eigenvalue weighted by molar-refractivity contribution is 5.97. The average Bonchev–Trinajstić information content (AvgIpc) is 2.71. The second kappa shape index (κ2) is 8.65. The van der Waals surface area contributed by atoms with Crippen LogP contribution in [-0.4, -0.2) is 27.9 Å². The van der Waals surface area contributed by atoms with Crippen LogP contribution in [0.3, 0.4) is 0 Å². The number of rotatable bonds is 7. The van der Waals surface area contributed by atoms with Crippen LogP contribution < -0.4 is 20.9 Å². The molecular weight excluding hydrogens is 376 g/mol. The van der Waals surface area contributed by atoms with Crippen molar-refractivity contribution in [3.8, 4) is 5.75 Å². The Kier molecular flexibility index (Phi) is 5.83. The van der Waals surface area contributed by atoms with E-state index >= 15 is 0 Å². The zero-order valence-electron chi connectivity index (χ0n) is 15.7. The van der Waals surface area contributed by atoms with E-state index in [9.17, 15) is 14.9 Å². The number of aryl methyl sites for hydroxylation is 1. The van der Waals surface area contributed by atoms with Gasteiger partial charge in [-0.1, -0.05) is 24.3 Å². The molecule has 0 bridgehead atoms. The second-order valence-electron chi connectivity index (χ2n) is 5.95. The number of benzene rings is 2. The van der Waals surface area contributed by atoms with Crippen molar-refractivity contribution in [3.63, 3.8) is 0 Å². The monoisotopic (exact) mass is 394 g/mol. The number of carbonyl (C=O) groups excluding carboxylic acids is 1. The summed E-state index contributed by atoms with van der Waals surface area (Å²) in [5, 5.41) is 14.5. The van der Waals surface area contributed by atoms with Crippen molar-refractivity contribution >= 4 is 28.9 Å². The van der Waals surface area contributed by atoms with E-state index in [1.807, 2.05) is 25.1 Å². The molecule has 3 N–H and O–H groups in total. The summed E-state index contributed by atoms with van der Waals surface area (Å²) in [4.78, 5) is 31.2. The topological polar surface area (TPSA) is 131 Å². The lowest BCUT2D eigenvalue weighted by molar-refractivity contribution is -0.383. The maximum atomic E-state index is 12.4. The fourth-order valence-corrected chi connectivity index (χ4v) is 2.61. The predicted octanol–water partition coefficient (Wildman–Crippen LogP) is 3.20. The molecule has 0 saturated carbocycles. The molecule has 10 heteroatoms. The number of amides is 1. The third kappa shape index (κ3) is 4.56. The summed E-state index contributed by atoms with van der Waals surface area (Å²) in [5.41, 5.74) is 6.36. The van der Waals surface area contributed by atoms with Crippen LogP contribution >= 0.6 is 0 Å². The van der Waals surface area contributed by atoms with Crippen LogP contribution in [0.25, 0.3) is 0 Å². The van der Waals surface area contributed by atoms with Crippen LogP contribution in [0.5, 0.6) is 5.75 Å². The van der Waals surface area contributed by atoms with Crippen LogP contribution in [0.4, 0.5) is 23.0 Å². The fraction of sp³-hybridized carbons (Fsp3) is 0.105. The Morgan fingerprint density at radius 2 is 1.86 bits per heavy atom. The fourth-order valence-electron chi connectivity index (χ4n) is 2.61. The number of methoxy groups -OCH3 is 1. The highest BCUT2D eigenvalue weighted by atomic mass is 16.6. The van der Waals surface area contributed by atoms with Gasteiger partial charge in [0.15, 0.2) is 0 Å². The van der Waals surface area contributed by atoms with E-state index in [0.717, 1.165) is 11.9 Å². The van der Waals surface area contributed by atoms with Crippen molar-refractivity contribution in [1.29, 1.82) is 0 Å². The lowest BCUT2D eigenvalue weighted by Gasteiger charge is -2.12. The molecule has 148 valence electrons. The van der Waals surface area contributed by atoms with E-state index in [0.29, 0.717) is 11.4 Å². The van der Waals surface area contributed by atoms with Crippen molar-refractivity contribution in [2.24, 2.45) is 0 Å². The normalized spacial score (nSPS) is 10.1. The Labute approximate surface area is 166 Å². The molecule has 29 heavy (non-hydrogen) atoms. The van der Waals surface area contributed by atoms with Crippen molar-refractivity contribution in [1.82, 2.24) is 15.4 Å². The zero-order valence-corrected chi connectivity index (χ0v) is 15.7. The van der Waals surface area contributed by atoms with E-state index in [4.69, 9.17) is 4.74 Å². The maximum absolute atomic E-state index is 12.4. The van der Waals surface area contributed by atoms with Gasteiger partial charge >= 0.3 is 5.69 Å². The molecule has 0 spiro atoms. The molecule has 3 aromatic rings. The highest BCUT2D eigenvalue weighted by Gasteiger charge is 2.24. The number of hydrazine groups is 1. The lowest BCUT2D eigenvalue weighted by Crippen LogP contribution is -2.30. The van der Waals surface area contributed by atoms with Crippen LogP contribution in [-0.2, 0) is 0 Å². The van der Waals surface area contributed by atoms with Gasteiger partial charge in [0.2, 0.25) is 11.6 Å². The molecule has 3 rings (SSSR count). The molecule has 1 amide bonds. The van der Waals surface area contributed by atoms with Crippen molar-refractivity contribution < 1.29 is 14.5 Å². The third-order valence-electron chi connectivity index (χ3n) is 3.93. The van der Waals surface area contributed by atoms with Gasteiger partial charge in [-0.2, -0.15) is 0 Å². The summed E-state index contributed by atoms with van der Waals surface area (Å²) >= 11 is 0. The summed E-state index contributed by atoms with van der Waals surface area (Å²) in [6, 6.07) is 13.9. The minimum Gasteiger partial charge on any atom is -0.496 e. The largest absolute Gasteiger partial charge is 0.496 e. The van der Waals surface area contributed by atoms with Crippen molar-refractivity contribution in [3.05, 3.63) is 76.1 Å². The number of para-hydroxylation sites is 1. The molecule has 0 atom stereocenters. The average molecular weight is 394 g/mol. The maximum Gasteiger partial charge on any atom is 0.355 e. The molecule has 1 aromatic heterocycles. The SMILES string of the molecule is COc1ccccc1C(=O)NNc1ncnc(Nc2cccc(C)c2)c1[N+](=O)[O-]. The van der Waals surface area contributed by atoms with E-state index in [2.05, 4.69) is 26.1 Å². The van der Waals surface area contributed by atoms with Crippen LogP contribution in [0.1, 0.15) is 15.9 Å². The molecule has 0 unspecified atom stereocenters. The van der Waals surface area contributed by atoms with Gasteiger partial charge in [-0.15, -0.1) is 0 Å². The number of nitrogens with zero attached hydrogens (tertiary/aromatic N) is 3. The van der Waals surface area contributed by atoms with Crippen LogP contribution in [0.15, 0.2) is 54.9 Å². The number of anilines is 3. The molecule has 0 saturated heterocycles. The number of ether oxygens (including phenoxy) is 1. The molecule has 0 aliphatic rings. The quantitative estimate of drug-likeness (QED) is 0.411. The summed E-state index contributed by atoms with van der Waals surface area (Å²) in [6.45, 7) is 1.90. The molecule has 10 nitrogen and oxygen atoms in total. The molecule has 0 fully saturated rings. The van der Waals surface area contributed by atoms with E-state index in [-0.39, 0.29) is 17.2 Å². The van der Waals surface area contributed by atoms with Crippen molar-refractivity contribution in [2.45, 2.75) is 6.92 Å². The smallest absolute Gasteiger partial charge is 0.355 e. The number of hydrogen-bond donors (Lipinski definition) is 3. The van der Waals surface area contributed by atoms with Gasteiger partial charge in [0.25, 0.3) is 5.91 Å². The summed E-state index contributed by atoms with van der Waals surface area (Å²) < 4.78 is 5.14. The minimum absolute atomic E-state index is 0.00959. The van der Waals surface area contributed by atoms with Gasteiger partial charge < -0.3 is 10.1 Å². The minimum atomic E-state index is -0.629. The van der Waals surface area contributed by atoms with Crippen LogP contribution in [0, 0.1) is 17.0 Å². The molecule has 2 aromatic carbocycles. The molecule has 0 radical (unpaired) electrons. The molecule has 0 aliphatic heterocycles. The molecule has 0 aliphatic carbocycles. The number of nitrogens with one attached hydrogen (secondary N) is 3. The zero-order chi connectivity index (χ0) is 20.8. The lowest BCUT2D eigenvalue weighted by atomic mass is 10.2. The molecular formula is C19H18N6O4. The summed E-state index contributed by atoms with van der Waals surface area (Å²) in [6.07, 6.45) is 1.16. The van der Waals surface area contributed by atoms with Gasteiger partial charge in [0.1, 0.15) is 12.1 Å². The number of aromatic nitrogens is 2. The first-order chi connectivity index (χ1) is 14.0. The number of hydrogen-bond acceptors (Lipinski definition) is 8. The van der Waals surface area contributed by atoms with E-state index in [1.165, 1.54) is 7.11 Å². The van der Waals surface area contributed by atoms with E-state index in [1.54, 1.807) is 30.3 Å². The Balaban J connectivity index is 1.84. The summed E-state index contributed by atoms with van der Waals surface area (Å²) in [5.74, 6) is -0.345. The summed E-state index contributed by atoms with van der Waals surface area (Å²) in [7, 11) is 1.44. The van der Waals surface area contributed by atoms with Gasteiger partial charge in [0, 0.05) is 5.69 Å². The molecule has 1 heterocycles. The third-order valence-corrected chi connectivity index (χ3v) is 3.93. The van der Waals surface area contributed by atoms with Gasteiger partial charge in [-0.25, -0.2) is 9.97 Å². The van der Waals surface area contributed by atoms with Gasteiger partial charge in [-0.05, 0) is 36.8 Å². The first-order valence-electron chi connectivity index (χ1n) is 8.52. The van der Waals surface area contributed by atoms with Crippen LogP contribution in [0.2, 0.25) is 0 Å².